The van der Waals surface area contributed by atoms with Crippen LogP contribution in [0.1, 0.15) is 32.1 Å². The van der Waals surface area contributed by atoms with E-state index in [9.17, 15) is 4.79 Å². The number of aromatic nitrogens is 1. The number of nitrogens with one attached hydrogen (secondary N) is 1. The van der Waals surface area contributed by atoms with Crippen LogP contribution in [-0.2, 0) is 4.79 Å². The van der Waals surface area contributed by atoms with Crippen molar-refractivity contribution in [3.05, 3.63) is 24.3 Å². The van der Waals surface area contributed by atoms with Gasteiger partial charge in [-0.3, -0.25) is 4.79 Å². The normalized spacial score (nSPS) is 25.1. The van der Waals surface area contributed by atoms with Crippen LogP contribution in [0.25, 0.3) is 11.1 Å². The van der Waals surface area contributed by atoms with Gasteiger partial charge in [0.2, 0.25) is 5.91 Å². The van der Waals surface area contributed by atoms with Crippen molar-refractivity contribution >= 4 is 47.8 Å². The lowest BCUT2D eigenvalue weighted by Crippen LogP contribution is -2.45. The molecule has 1 amide bonds. The van der Waals surface area contributed by atoms with Gasteiger partial charge in [-0.05, 0) is 44.2 Å². The summed E-state index contributed by atoms with van der Waals surface area (Å²) in [6.07, 6.45) is 5.36. The number of amides is 1. The zero-order valence-electron chi connectivity index (χ0n) is 15.9. The smallest absolute Gasteiger partial charge is 0.298 e. The van der Waals surface area contributed by atoms with E-state index in [2.05, 4.69) is 20.1 Å². The molecule has 6 nitrogen and oxygen atoms in total. The van der Waals surface area contributed by atoms with Gasteiger partial charge < -0.3 is 19.5 Å². The average molecular weight is 427 g/mol. The number of benzene rings is 1. The number of para-hydroxylation sites is 2. The van der Waals surface area contributed by atoms with Crippen molar-refractivity contribution in [3.8, 4) is 0 Å². The van der Waals surface area contributed by atoms with Gasteiger partial charge in [0.15, 0.2) is 5.58 Å². The Hall–Kier alpha value is -1.50. The monoisotopic (exact) mass is 426 g/mol. The largest absolute Gasteiger partial charge is 0.423 e. The molecule has 3 aliphatic rings. The van der Waals surface area contributed by atoms with Crippen molar-refractivity contribution in [2.24, 2.45) is 5.92 Å². The lowest BCUT2D eigenvalue weighted by atomic mass is 9.94. The lowest BCUT2D eigenvalue weighted by molar-refractivity contribution is -0.136. The molecule has 3 fully saturated rings. The maximum Gasteiger partial charge on any atom is 0.298 e. The summed E-state index contributed by atoms with van der Waals surface area (Å²) in [5.41, 5.74) is 1.72. The van der Waals surface area contributed by atoms with E-state index in [1.54, 1.807) is 0 Å². The van der Waals surface area contributed by atoms with Gasteiger partial charge in [0.05, 0.1) is 0 Å². The summed E-state index contributed by atoms with van der Waals surface area (Å²) in [7, 11) is 0. The van der Waals surface area contributed by atoms with Crippen LogP contribution in [0.4, 0.5) is 6.01 Å². The zero-order valence-corrected chi connectivity index (χ0v) is 17.5. The molecule has 2 unspecified atom stereocenters. The topological polar surface area (TPSA) is 61.6 Å². The van der Waals surface area contributed by atoms with Gasteiger partial charge in [-0.2, -0.15) is 4.98 Å². The van der Waals surface area contributed by atoms with Crippen molar-refractivity contribution in [2.75, 3.05) is 31.1 Å². The number of halogens is 2. The predicted octanol–water partition coefficient (Wildman–Crippen LogP) is 3.24. The highest BCUT2D eigenvalue weighted by Crippen LogP contribution is 2.28. The van der Waals surface area contributed by atoms with E-state index in [1.165, 1.54) is 12.8 Å². The second-order valence-corrected chi connectivity index (χ2v) is 7.94. The molecule has 4 heterocycles. The number of likely N-dealkylation sites (tertiary alicyclic amines) is 1. The Morgan fingerprint density at radius 1 is 1.00 bits per heavy atom. The SMILES string of the molecule is Cl.Cl.O=C(C1CCN(c2nc3ccccc3o2)CC1)N1CCC2CCC(C1)N2. The number of carbonyl (C=O) groups is 1. The summed E-state index contributed by atoms with van der Waals surface area (Å²) in [5, 5.41) is 3.66. The Balaban J connectivity index is 0.00000112. The third-order valence-electron chi connectivity index (χ3n) is 6.23. The van der Waals surface area contributed by atoms with Crippen LogP contribution in [0.3, 0.4) is 0 Å². The molecular weight excluding hydrogens is 399 g/mol. The van der Waals surface area contributed by atoms with Crippen molar-refractivity contribution < 1.29 is 9.21 Å². The molecule has 3 aliphatic heterocycles. The van der Waals surface area contributed by atoms with Crippen LogP contribution < -0.4 is 10.2 Å². The summed E-state index contributed by atoms with van der Waals surface area (Å²) in [4.78, 5) is 21.9. The van der Waals surface area contributed by atoms with E-state index in [0.717, 1.165) is 56.5 Å². The quantitative estimate of drug-likeness (QED) is 0.798. The molecular formula is C20H28Cl2N4O2. The number of fused-ring (bicyclic) bond motifs is 3. The Labute approximate surface area is 177 Å². The minimum Gasteiger partial charge on any atom is -0.423 e. The number of anilines is 1. The van der Waals surface area contributed by atoms with E-state index in [4.69, 9.17) is 4.42 Å². The van der Waals surface area contributed by atoms with Crippen molar-refractivity contribution in [1.29, 1.82) is 0 Å². The minimum absolute atomic E-state index is 0. The van der Waals surface area contributed by atoms with Gasteiger partial charge in [0.25, 0.3) is 6.01 Å². The number of hydrogen-bond donors (Lipinski definition) is 1. The maximum absolute atomic E-state index is 13.0. The Bertz CT molecular complexity index is 773. The Morgan fingerprint density at radius 2 is 1.75 bits per heavy atom. The van der Waals surface area contributed by atoms with E-state index >= 15 is 0 Å². The van der Waals surface area contributed by atoms with E-state index in [0.29, 0.717) is 24.0 Å². The predicted molar refractivity (Wildman–Crippen MR) is 115 cm³/mol. The van der Waals surface area contributed by atoms with Crippen molar-refractivity contribution in [2.45, 2.75) is 44.2 Å². The first-order chi connectivity index (χ1) is 12.8. The van der Waals surface area contributed by atoms with Crippen LogP contribution in [0.5, 0.6) is 0 Å². The lowest BCUT2D eigenvalue weighted by Gasteiger charge is -2.34. The summed E-state index contributed by atoms with van der Waals surface area (Å²) in [6, 6.07) is 9.68. The molecule has 1 N–H and O–H groups in total. The molecule has 3 saturated heterocycles. The standard InChI is InChI=1S/C20H26N4O2.2ClH/c25-19(24-12-9-15-5-6-16(13-24)21-15)14-7-10-23(11-8-14)20-22-17-3-1-2-4-18(17)26-20;;/h1-4,14-16,21H,5-13H2;2*1H. The fraction of sp³-hybridized carbons (Fsp3) is 0.600. The van der Waals surface area contributed by atoms with Crippen molar-refractivity contribution in [1.82, 2.24) is 15.2 Å². The third-order valence-corrected chi connectivity index (χ3v) is 6.23. The maximum atomic E-state index is 13.0. The minimum atomic E-state index is 0. The molecule has 154 valence electrons. The van der Waals surface area contributed by atoms with Gasteiger partial charge in [-0.15, -0.1) is 24.8 Å². The highest BCUT2D eigenvalue weighted by atomic mass is 35.5. The summed E-state index contributed by atoms with van der Waals surface area (Å²) < 4.78 is 5.88. The van der Waals surface area contributed by atoms with Crippen LogP contribution in [0.2, 0.25) is 0 Å². The van der Waals surface area contributed by atoms with Gasteiger partial charge in [0, 0.05) is 44.2 Å². The summed E-state index contributed by atoms with van der Waals surface area (Å²) in [5.74, 6) is 0.504. The number of hydrogen-bond acceptors (Lipinski definition) is 5. The van der Waals surface area contributed by atoms with Crippen LogP contribution in [-0.4, -0.2) is 54.1 Å². The summed E-state index contributed by atoms with van der Waals surface area (Å²) in [6.45, 7) is 3.47. The molecule has 0 radical (unpaired) electrons. The molecule has 5 rings (SSSR count). The molecule has 1 aromatic heterocycles. The number of piperidine rings is 1. The molecule has 1 aromatic carbocycles. The molecule has 0 saturated carbocycles. The fourth-order valence-corrected chi connectivity index (χ4v) is 4.71. The molecule has 0 spiro atoms. The molecule has 28 heavy (non-hydrogen) atoms. The Morgan fingerprint density at radius 3 is 2.54 bits per heavy atom. The number of oxazole rings is 1. The molecule has 2 aromatic rings. The van der Waals surface area contributed by atoms with Crippen LogP contribution in [0.15, 0.2) is 28.7 Å². The van der Waals surface area contributed by atoms with Crippen LogP contribution >= 0.6 is 24.8 Å². The van der Waals surface area contributed by atoms with Crippen molar-refractivity contribution in [3.63, 3.8) is 0 Å². The number of nitrogens with zero attached hydrogens (tertiary/aromatic N) is 3. The Kier molecular flexibility index (Phi) is 6.73. The van der Waals surface area contributed by atoms with Gasteiger partial charge in [0.1, 0.15) is 5.52 Å². The third kappa shape index (κ3) is 4.09. The van der Waals surface area contributed by atoms with E-state index in [1.807, 2.05) is 24.3 Å². The number of rotatable bonds is 2. The fourth-order valence-electron chi connectivity index (χ4n) is 4.71. The van der Waals surface area contributed by atoms with E-state index < -0.39 is 0 Å². The van der Waals surface area contributed by atoms with Gasteiger partial charge in [-0.25, -0.2) is 0 Å². The van der Waals surface area contributed by atoms with E-state index in [-0.39, 0.29) is 30.7 Å². The first-order valence-electron chi connectivity index (χ1n) is 9.91. The number of carbonyl (C=O) groups excluding carboxylic acids is 1. The van der Waals surface area contributed by atoms with Crippen LogP contribution in [0, 0.1) is 5.92 Å². The first-order valence-corrected chi connectivity index (χ1v) is 9.91. The first kappa shape index (κ1) is 21.2. The molecule has 8 heteroatoms. The highest BCUT2D eigenvalue weighted by Gasteiger charge is 2.35. The van der Waals surface area contributed by atoms with Gasteiger partial charge in [-0.1, -0.05) is 12.1 Å². The van der Waals surface area contributed by atoms with Gasteiger partial charge >= 0.3 is 0 Å². The zero-order chi connectivity index (χ0) is 17.5. The summed E-state index contributed by atoms with van der Waals surface area (Å²) >= 11 is 0. The second kappa shape index (κ2) is 8.89. The molecule has 2 atom stereocenters. The molecule has 0 aliphatic carbocycles. The second-order valence-electron chi connectivity index (χ2n) is 7.94. The highest BCUT2D eigenvalue weighted by molar-refractivity contribution is 5.85. The average Bonchev–Trinajstić information content (AvgIpc) is 3.24. The molecule has 2 bridgehead atoms.